The predicted molar refractivity (Wildman–Crippen MR) is 73.8 cm³/mol. The lowest BCUT2D eigenvalue weighted by atomic mass is 9.82. The molecule has 2 atom stereocenters. The standard InChI is InChI=1S/C15H22F3N3/c1-10-3-2-4-11(7-10)9-21-13-5-6-19-8-12(13)20-14(21)15(16,17)18/h10-11,19H,2-9H2,1H3. The fourth-order valence-corrected chi connectivity index (χ4v) is 3.77. The topological polar surface area (TPSA) is 29.9 Å². The molecule has 2 unspecified atom stereocenters. The van der Waals surface area contributed by atoms with Gasteiger partial charge in [0, 0.05) is 31.7 Å². The summed E-state index contributed by atoms with van der Waals surface area (Å²) >= 11 is 0. The van der Waals surface area contributed by atoms with Crippen molar-refractivity contribution in [2.24, 2.45) is 11.8 Å². The molecule has 1 N–H and O–H groups in total. The first-order valence-corrected chi connectivity index (χ1v) is 7.81. The predicted octanol–water partition coefficient (Wildman–Crippen LogP) is 3.37. The van der Waals surface area contributed by atoms with Gasteiger partial charge >= 0.3 is 6.18 Å². The van der Waals surface area contributed by atoms with Crippen molar-refractivity contribution in [3.05, 3.63) is 17.2 Å². The molecule has 21 heavy (non-hydrogen) atoms. The molecule has 1 saturated carbocycles. The number of nitrogens with zero attached hydrogens (tertiary/aromatic N) is 2. The monoisotopic (exact) mass is 301 g/mol. The fraction of sp³-hybridized carbons (Fsp3) is 0.800. The highest BCUT2D eigenvalue weighted by Gasteiger charge is 2.39. The first-order chi connectivity index (χ1) is 9.95. The number of imidazole rings is 1. The maximum Gasteiger partial charge on any atom is 0.449 e. The van der Waals surface area contributed by atoms with Gasteiger partial charge in [-0.05, 0) is 24.7 Å². The zero-order valence-electron chi connectivity index (χ0n) is 12.3. The Balaban J connectivity index is 1.90. The van der Waals surface area contributed by atoms with Crippen molar-refractivity contribution >= 4 is 0 Å². The summed E-state index contributed by atoms with van der Waals surface area (Å²) < 4.78 is 41.3. The van der Waals surface area contributed by atoms with E-state index in [-0.39, 0.29) is 0 Å². The number of aromatic nitrogens is 2. The van der Waals surface area contributed by atoms with Crippen molar-refractivity contribution in [1.29, 1.82) is 0 Å². The van der Waals surface area contributed by atoms with Crippen LogP contribution in [0.1, 0.15) is 49.8 Å². The summed E-state index contributed by atoms with van der Waals surface area (Å²) in [4.78, 5) is 3.88. The van der Waals surface area contributed by atoms with Crippen LogP contribution in [0, 0.1) is 11.8 Å². The lowest BCUT2D eigenvalue weighted by Gasteiger charge is -2.28. The zero-order chi connectivity index (χ0) is 15.0. The molecule has 0 saturated heterocycles. The highest BCUT2D eigenvalue weighted by atomic mass is 19.4. The van der Waals surface area contributed by atoms with Crippen molar-refractivity contribution in [2.75, 3.05) is 6.54 Å². The molecule has 0 bridgehead atoms. The van der Waals surface area contributed by atoms with Crippen LogP contribution < -0.4 is 5.32 Å². The molecule has 118 valence electrons. The van der Waals surface area contributed by atoms with Crippen LogP contribution in [0.5, 0.6) is 0 Å². The normalized spacial score (nSPS) is 26.7. The van der Waals surface area contributed by atoms with Gasteiger partial charge in [-0.3, -0.25) is 0 Å². The Labute approximate surface area is 122 Å². The summed E-state index contributed by atoms with van der Waals surface area (Å²) in [6, 6.07) is 0. The highest BCUT2D eigenvalue weighted by Crippen LogP contribution is 2.35. The number of nitrogens with one attached hydrogen (secondary N) is 1. The minimum Gasteiger partial charge on any atom is -0.324 e. The third kappa shape index (κ3) is 3.10. The number of hydrogen-bond acceptors (Lipinski definition) is 2. The van der Waals surface area contributed by atoms with E-state index in [0.717, 1.165) is 31.5 Å². The molecule has 2 heterocycles. The van der Waals surface area contributed by atoms with E-state index in [9.17, 15) is 13.2 Å². The molecule has 0 spiro atoms. The van der Waals surface area contributed by atoms with Gasteiger partial charge in [0.05, 0.1) is 5.69 Å². The third-order valence-electron chi connectivity index (χ3n) is 4.73. The van der Waals surface area contributed by atoms with Gasteiger partial charge in [0.2, 0.25) is 5.82 Å². The lowest BCUT2D eigenvalue weighted by Crippen LogP contribution is -2.27. The summed E-state index contributed by atoms with van der Waals surface area (Å²) in [7, 11) is 0. The Morgan fingerprint density at radius 2 is 2.14 bits per heavy atom. The third-order valence-corrected chi connectivity index (χ3v) is 4.73. The highest BCUT2D eigenvalue weighted by molar-refractivity contribution is 5.21. The minimum absolute atomic E-state index is 0.350. The maximum absolute atomic E-state index is 13.3. The molecule has 0 radical (unpaired) electrons. The quantitative estimate of drug-likeness (QED) is 0.907. The average molecular weight is 301 g/mol. The molecule has 0 aromatic carbocycles. The number of halogens is 3. The Morgan fingerprint density at radius 3 is 2.86 bits per heavy atom. The number of rotatable bonds is 2. The Bertz CT molecular complexity index is 507. The summed E-state index contributed by atoms with van der Waals surface area (Å²) in [5.74, 6) is 0.275. The molecular weight excluding hydrogens is 279 g/mol. The van der Waals surface area contributed by atoms with Crippen LogP contribution in [-0.2, 0) is 25.7 Å². The molecule has 6 heteroatoms. The van der Waals surface area contributed by atoms with Crippen LogP contribution in [0.15, 0.2) is 0 Å². The molecule has 1 aliphatic carbocycles. The molecule has 1 aromatic rings. The second kappa shape index (κ2) is 5.63. The van der Waals surface area contributed by atoms with E-state index >= 15 is 0 Å². The Morgan fingerprint density at radius 1 is 1.33 bits per heavy atom. The molecular formula is C15H22F3N3. The van der Waals surface area contributed by atoms with Gasteiger partial charge < -0.3 is 9.88 Å². The first kappa shape index (κ1) is 14.9. The van der Waals surface area contributed by atoms with E-state index < -0.39 is 12.0 Å². The zero-order valence-corrected chi connectivity index (χ0v) is 12.3. The van der Waals surface area contributed by atoms with Crippen LogP contribution in [0.25, 0.3) is 0 Å². The van der Waals surface area contributed by atoms with Gasteiger partial charge in [-0.25, -0.2) is 4.98 Å². The van der Waals surface area contributed by atoms with E-state index in [1.165, 1.54) is 11.0 Å². The summed E-state index contributed by atoms with van der Waals surface area (Å²) in [6.07, 6.45) is 0.674. The smallest absolute Gasteiger partial charge is 0.324 e. The van der Waals surface area contributed by atoms with Gasteiger partial charge in [0.25, 0.3) is 0 Å². The van der Waals surface area contributed by atoms with Gasteiger partial charge in [-0.15, -0.1) is 0 Å². The van der Waals surface area contributed by atoms with E-state index in [1.54, 1.807) is 0 Å². The van der Waals surface area contributed by atoms with Crippen LogP contribution in [-0.4, -0.2) is 16.1 Å². The molecule has 1 aliphatic heterocycles. The van der Waals surface area contributed by atoms with E-state index in [1.807, 2.05) is 0 Å². The Kier molecular flexibility index (Phi) is 3.99. The second-order valence-electron chi connectivity index (χ2n) is 6.50. The largest absolute Gasteiger partial charge is 0.449 e. The molecule has 1 fully saturated rings. The minimum atomic E-state index is -4.36. The molecule has 2 aliphatic rings. The van der Waals surface area contributed by atoms with E-state index in [0.29, 0.717) is 37.0 Å². The number of fused-ring (bicyclic) bond motifs is 1. The van der Waals surface area contributed by atoms with Gasteiger partial charge in [0.1, 0.15) is 0 Å². The van der Waals surface area contributed by atoms with Crippen molar-refractivity contribution in [1.82, 2.24) is 14.9 Å². The molecule has 1 aromatic heterocycles. The van der Waals surface area contributed by atoms with Crippen LogP contribution in [0.4, 0.5) is 13.2 Å². The summed E-state index contributed by atoms with van der Waals surface area (Å²) in [6.45, 7) is 3.86. The fourth-order valence-electron chi connectivity index (χ4n) is 3.77. The number of alkyl halides is 3. The van der Waals surface area contributed by atoms with Crippen molar-refractivity contribution in [3.8, 4) is 0 Å². The van der Waals surface area contributed by atoms with Crippen LogP contribution >= 0.6 is 0 Å². The van der Waals surface area contributed by atoms with Crippen LogP contribution in [0.3, 0.4) is 0 Å². The van der Waals surface area contributed by atoms with E-state index in [2.05, 4.69) is 17.2 Å². The first-order valence-electron chi connectivity index (χ1n) is 7.81. The van der Waals surface area contributed by atoms with Gasteiger partial charge in [-0.1, -0.05) is 19.8 Å². The maximum atomic E-state index is 13.3. The van der Waals surface area contributed by atoms with Crippen molar-refractivity contribution < 1.29 is 13.2 Å². The second-order valence-corrected chi connectivity index (χ2v) is 6.50. The van der Waals surface area contributed by atoms with E-state index in [4.69, 9.17) is 0 Å². The molecule has 0 amide bonds. The summed E-state index contributed by atoms with van der Waals surface area (Å²) in [5, 5.41) is 3.10. The van der Waals surface area contributed by atoms with Crippen molar-refractivity contribution in [2.45, 2.75) is 58.3 Å². The molecule has 3 rings (SSSR count). The number of hydrogen-bond donors (Lipinski definition) is 1. The van der Waals surface area contributed by atoms with Gasteiger partial charge in [0.15, 0.2) is 0 Å². The Hall–Kier alpha value is -1.04. The SMILES string of the molecule is CC1CCCC(Cn2c(C(F)(F)F)nc3c2CCNC3)C1. The summed E-state index contributed by atoms with van der Waals surface area (Å²) in [5.41, 5.74) is 1.37. The van der Waals surface area contributed by atoms with Crippen LogP contribution in [0.2, 0.25) is 0 Å². The molecule has 3 nitrogen and oxygen atoms in total. The average Bonchev–Trinajstić information content (AvgIpc) is 2.78. The lowest BCUT2D eigenvalue weighted by molar-refractivity contribution is -0.147. The van der Waals surface area contributed by atoms with Crippen molar-refractivity contribution in [3.63, 3.8) is 0 Å². The van der Waals surface area contributed by atoms with Gasteiger partial charge in [-0.2, -0.15) is 13.2 Å².